The minimum atomic E-state index is -1.01. The quantitative estimate of drug-likeness (QED) is 0.374. The number of aromatic amines is 1. The summed E-state index contributed by atoms with van der Waals surface area (Å²) < 4.78 is 0. The van der Waals surface area contributed by atoms with Crippen molar-refractivity contribution in [2.45, 2.75) is 44.6 Å². The van der Waals surface area contributed by atoms with Gasteiger partial charge in [-0.1, -0.05) is 12.1 Å². The van der Waals surface area contributed by atoms with E-state index < -0.39 is 17.9 Å². The molecule has 1 saturated heterocycles. The summed E-state index contributed by atoms with van der Waals surface area (Å²) in [5, 5.41) is 23.3. The molecular formula is C26H32N6O3. The molecule has 184 valence electrons. The number of carboxylic acid groups (broad SMARTS) is 1. The number of carbonyl (C=O) groups excluding carboxylic acids is 1. The molecule has 3 aromatic rings. The number of fused-ring (bicyclic) bond motifs is 2. The van der Waals surface area contributed by atoms with Gasteiger partial charge in [-0.05, 0) is 74.8 Å². The van der Waals surface area contributed by atoms with E-state index in [-0.39, 0.29) is 0 Å². The van der Waals surface area contributed by atoms with Crippen LogP contribution in [0.5, 0.6) is 0 Å². The van der Waals surface area contributed by atoms with Crippen molar-refractivity contribution < 1.29 is 14.7 Å². The highest BCUT2D eigenvalue weighted by Gasteiger charge is 2.26. The van der Waals surface area contributed by atoms with Crippen LogP contribution in [0.15, 0.2) is 36.5 Å². The van der Waals surface area contributed by atoms with Gasteiger partial charge in [-0.2, -0.15) is 5.10 Å². The third kappa shape index (κ3) is 5.45. The molecule has 1 unspecified atom stereocenters. The van der Waals surface area contributed by atoms with Crippen LogP contribution in [0.4, 0.5) is 5.82 Å². The fraction of sp³-hybridized carbons (Fsp3) is 0.462. The maximum Gasteiger partial charge on any atom is 0.326 e. The number of hydrogen-bond acceptors (Lipinski definition) is 6. The summed E-state index contributed by atoms with van der Waals surface area (Å²) in [6, 6.07) is 8.70. The van der Waals surface area contributed by atoms with Gasteiger partial charge in [0.1, 0.15) is 11.9 Å². The molecule has 0 spiro atoms. The molecule has 0 aliphatic carbocycles. The Hall–Kier alpha value is -3.46. The summed E-state index contributed by atoms with van der Waals surface area (Å²) in [6.45, 7) is 3.55. The number of anilines is 1. The Morgan fingerprint density at radius 1 is 1.26 bits per heavy atom. The number of carbonyl (C=O) groups is 2. The van der Waals surface area contributed by atoms with E-state index in [1.807, 2.05) is 6.07 Å². The lowest BCUT2D eigenvalue weighted by Gasteiger charge is -2.20. The third-order valence-electron chi connectivity index (χ3n) is 7.20. The van der Waals surface area contributed by atoms with E-state index in [0.717, 1.165) is 62.3 Å². The lowest BCUT2D eigenvalue weighted by molar-refractivity contribution is -0.139. The number of hydrogen-bond donors (Lipinski definition) is 4. The monoisotopic (exact) mass is 476 g/mol. The number of amides is 1. The summed E-state index contributed by atoms with van der Waals surface area (Å²) in [5.41, 5.74) is 3.62. The number of benzene rings is 1. The topological polar surface area (TPSA) is 123 Å². The molecule has 0 bridgehead atoms. The molecule has 1 fully saturated rings. The minimum absolute atomic E-state index is 0.368. The van der Waals surface area contributed by atoms with Crippen LogP contribution >= 0.6 is 0 Å². The van der Waals surface area contributed by atoms with Crippen molar-refractivity contribution in [1.29, 1.82) is 0 Å². The predicted molar refractivity (Wildman–Crippen MR) is 134 cm³/mol. The zero-order valence-corrected chi connectivity index (χ0v) is 19.8. The summed E-state index contributed by atoms with van der Waals surface area (Å²) in [7, 11) is 0. The van der Waals surface area contributed by atoms with Gasteiger partial charge in [0.25, 0.3) is 5.91 Å². The lowest BCUT2D eigenvalue weighted by atomic mass is 10.00. The second-order valence-electron chi connectivity index (χ2n) is 9.62. The summed E-state index contributed by atoms with van der Waals surface area (Å²) >= 11 is 0. The Morgan fingerprint density at radius 3 is 3.06 bits per heavy atom. The van der Waals surface area contributed by atoms with E-state index in [2.05, 4.69) is 37.9 Å². The van der Waals surface area contributed by atoms with Gasteiger partial charge in [0, 0.05) is 30.7 Å². The minimum Gasteiger partial charge on any atom is -0.480 e. The Bertz CT molecular complexity index is 1210. The van der Waals surface area contributed by atoms with Gasteiger partial charge in [0.05, 0.1) is 17.3 Å². The number of rotatable bonds is 9. The van der Waals surface area contributed by atoms with Gasteiger partial charge < -0.3 is 20.6 Å². The fourth-order valence-electron chi connectivity index (χ4n) is 5.18. The predicted octanol–water partition coefficient (Wildman–Crippen LogP) is 2.84. The number of likely N-dealkylation sites (tertiary alicyclic amines) is 1. The van der Waals surface area contributed by atoms with Gasteiger partial charge in [-0.15, -0.1) is 0 Å². The number of aromatic nitrogens is 3. The first-order valence-electron chi connectivity index (χ1n) is 12.5. The number of aliphatic carboxylic acids is 1. The molecule has 2 aliphatic rings. The van der Waals surface area contributed by atoms with Crippen molar-refractivity contribution >= 4 is 28.6 Å². The van der Waals surface area contributed by atoms with E-state index in [0.29, 0.717) is 29.8 Å². The molecule has 2 atom stereocenters. The summed E-state index contributed by atoms with van der Waals surface area (Å²) in [4.78, 5) is 31.8. The number of nitrogens with one attached hydrogen (secondary N) is 3. The highest BCUT2D eigenvalue weighted by atomic mass is 16.4. The Balaban J connectivity index is 1.10. The Labute approximate surface area is 204 Å². The van der Waals surface area contributed by atoms with Crippen LogP contribution in [0.2, 0.25) is 0 Å². The lowest BCUT2D eigenvalue weighted by Crippen LogP contribution is -2.43. The maximum atomic E-state index is 12.8. The van der Waals surface area contributed by atoms with Crippen LogP contribution in [0, 0.1) is 5.92 Å². The smallest absolute Gasteiger partial charge is 0.326 e. The molecule has 5 rings (SSSR count). The van der Waals surface area contributed by atoms with Crippen molar-refractivity contribution in [3.05, 3.63) is 53.3 Å². The molecule has 2 aliphatic heterocycles. The first kappa shape index (κ1) is 23.3. The van der Waals surface area contributed by atoms with E-state index in [1.165, 1.54) is 12.0 Å². The van der Waals surface area contributed by atoms with Gasteiger partial charge in [-0.3, -0.25) is 9.89 Å². The van der Waals surface area contributed by atoms with Crippen LogP contribution < -0.4 is 10.6 Å². The van der Waals surface area contributed by atoms with Crippen molar-refractivity contribution in [2.75, 3.05) is 31.5 Å². The van der Waals surface area contributed by atoms with Crippen molar-refractivity contribution in [3.8, 4) is 0 Å². The molecule has 2 aromatic heterocycles. The average molecular weight is 477 g/mol. The normalized spacial score (nSPS) is 18.7. The van der Waals surface area contributed by atoms with Gasteiger partial charge in [-0.25, -0.2) is 9.78 Å². The molecule has 4 N–H and O–H groups in total. The second kappa shape index (κ2) is 10.4. The molecule has 1 amide bonds. The van der Waals surface area contributed by atoms with Crippen molar-refractivity contribution in [3.63, 3.8) is 0 Å². The maximum absolute atomic E-state index is 12.8. The highest BCUT2D eigenvalue weighted by Crippen LogP contribution is 2.24. The standard InChI is InChI=1S/C26H32N6O3/c33-25(20-4-1-5-22-21(20)15-28-31-22)30-23(26(34)35)11-14-32-13-10-17(16-32)6-8-19-9-7-18-3-2-12-27-24(18)29-19/h1,4-5,7,9,15,17,23H,2-3,6,8,10-14,16H2,(H,27,29)(H,28,31)(H,30,33)(H,34,35)/t17-,23?/m1/s1. The van der Waals surface area contributed by atoms with E-state index in [9.17, 15) is 14.7 Å². The second-order valence-corrected chi connectivity index (χ2v) is 9.62. The molecule has 1 aromatic carbocycles. The van der Waals surface area contributed by atoms with Crippen molar-refractivity contribution in [2.24, 2.45) is 5.92 Å². The van der Waals surface area contributed by atoms with Crippen molar-refractivity contribution in [1.82, 2.24) is 25.4 Å². The average Bonchev–Trinajstić information content (AvgIpc) is 3.54. The van der Waals surface area contributed by atoms with Crippen LogP contribution in [0.1, 0.15) is 47.3 Å². The Morgan fingerprint density at radius 2 is 2.17 bits per heavy atom. The Kier molecular flexibility index (Phi) is 6.94. The first-order valence-corrected chi connectivity index (χ1v) is 12.5. The zero-order valence-electron chi connectivity index (χ0n) is 19.8. The summed E-state index contributed by atoms with van der Waals surface area (Å²) in [6.07, 6.45) is 7.36. The van der Waals surface area contributed by atoms with Crippen LogP contribution in [0.25, 0.3) is 10.9 Å². The van der Waals surface area contributed by atoms with Gasteiger partial charge in [0.15, 0.2) is 0 Å². The highest BCUT2D eigenvalue weighted by molar-refractivity contribution is 6.07. The van der Waals surface area contributed by atoms with Gasteiger partial charge in [0.2, 0.25) is 0 Å². The molecule has 35 heavy (non-hydrogen) atoms. The van der Waals surface area contributed by atoms with Gasteiger partial charge >= 0.3 is 5.97 Å². The molecule has 9 heteroatoms. The van der Waals surface area contributed by atoms with E-state index in [4.69, 9.17) is 4.98 Å². The van der Waals surface area contributed by atoms with E-state index in [1.54, 1.807) is 18.3 Å². The number of H-pyrrole nitrogens is 1. The zero-order chi connectivity index (χ0) is 24.2. The van der Waals surface area contributed by atoms with E-state index >= 15 is 0 Å². The number of aryl methyl sites for hydroxylation is 2. The van der Waals surface area contributed by atoms with Crippen LogP contribution in [-0.2, 0) is 17.6 Å². The molecule has 0 radical (unpaired) electrons. The number of carboxylic acids is 1. The van der Waals surface area contributed by atoms with Crippen LogP contribution in [-0.4, -0.2) is 69.3 Å². The largest absolute Gasteiger partial charge is 0.480 e. The molecule has 4 heterocycles. The fourth-order valence-corrected chi connectivity index (χ4v) is 5.18. The summed E-state index contributed by atoms with van der Waals surface area (Å²) in [5.74, 6) is 0.223. The molecule has 9 nitrogen and oxygen atoms in total. The molecular weight excluding hydrogens is 444 g/mol. The molecule has 0 saturated carbocycles. The first-order chi connectivity index (χ1) is 17.1. The number of pyridine rings is 1. The van der Waals surface area contributed by atoms with Crippen LogP contribution in [0.3, 0.4) is 0 Å². The number of nitrogens with zero attached hydrogens (tertiary/aromatic N) is 3. The SMILES string of the molecule is O=C(NC(CCN1CC[C@@H](CCc2ccc3c(n2)NCCC3)C1)C(=O)O)c1cccc2[nH]ncc12. The third-order valence-corrected chi connectivity index (χ3v) is 7.20.